The second-order valence-electron chi connectivity index (χ2n) is 3.54. The van der Waals surface area contributed by atoms with Gasteiger partial charge < -0.3 is 0 Å². The summed E-state index contributed by atoms with van der Waals surface area (Å²) in [5.74, 6) is 0. The van der Waals surface area contributed by atoms with Crippen LogP contribution >= 0.6 is 0 Å². The van der Waals surface area contributed by atoms with Crippen molar-refractivity contribution < 1.29 is 19.8 Å². The molecular weight excluding hydrogens is 236 g/mol. The van der Waals surface area contributed by atoms with E-state index in [2.05, 4.69) is 13.0 Å². The summed E-state index contributed by atoms with van der Waals surface area (Å²) in [4.78, 5) is 0. The summed E-state index contributed by atoms with van der Waals surface area (Å²) in [6.07, 6.45) is 4.85. The van der Waals surface area contributed by atoms with Gasteiger partial charge in [0, 0.05) is 0 Å². The Kier molecular flexibility index (Phi) is 7.84. The molecule has 0 heterocycles. The fourth-order valence-electron chi connectivity index (χ4n) is 1.37. The van der Waals surface area contributed by atoms with E-state index >= 15 is 0 Å². The van der Waals surface area contributed by atoms with E-state index in [1.54, 1.807) is 12.1 Å². The zero-order valence-corrected chi connectivity index (χ0v) is 10.8. The van der Waals surface area contributed by atoms with E-state index < -0.39 is 0 Å². The first-order chi connectivity index (χ1) is 8.24. The van der Waals surface area contributed by atoms with Crippen molar-refractivity contribution in [3.8, 4) is 0 Å². The van der Waals surface area contributed by atoms with Gasteiger partial charge in [-0.15, -0.1) is 0 Å². The molecule has 0 aliphatic carbocycles. The Labute approximate surface area is 113 Å². The van der Waals surface area contributed by atoms with Crippen molar-refractivity contribution in [2.45, 2.75) is 32.6 Å². The van der Waals surface area contributed by atoms with Crippen molar-refractivity contribution in [2.75, 3.05) is 0 Å². The maximum Gasteiger partial charge on any atom is 2.00 e. The van der Waals surface area contributed by atoms with E-state index in [1.807, 2.05) is 24.3 Å². The van der Waals surface area contributed by atoms with Crippen LogP contribution in [-0.2, 0) is 23.5 Å². The summed E-state index contributed by atoms with van der Waals surface area (Å²) in [6.45, 7) is 2.20. The molecule has 2 aromatic rings. The van der Waals surface area contributed by atoms with Crippen LogP contribution in [0.3, 0.4) is 0 Å². The van der Waals surface area contributed by atoms with Crippen LogP contribution in [-0.4, -0.2) is 0 Å². The third kappa shape index (κ3) is 7.50. The molecule has 16 heavy (non-hydrogen) atoms. The first-order valence-electron chi connectivity index (χ1n) is 6.63. The smallest absolute Gasteiger partial charge is 0.214 e. The molecule has 0 aromatic heterocycles. The third-order valence-electron chi connectivity index (χ3n) is 2.21. The van der Waals surface area contributed by atoms with E-state index in [-0.39, 0.29) is 17.1 Å². The van der Waals surface area contributed by atoms with Gasteiger partial charge in [-0.2, -0.15) is 35.8 Å². The second kappa shape index (κ2) is 10.7. The Morgan fingerprint density at radius 2 is 1.88 bits per heavy atom. The molecule has 0 saturated carbocycles. The van der Waals surface area contributed by atoms with Gasteiger partial charge in [0.05, 0.1) is 0 Å². The average Bonchev–Trinajstić information content (AvgIpc) is 2.92. The number of rotatable bonds is 4. The molecule has 0 atom stereocenters. The summed E-state index contributed by atoms with van der Waals surface area (Å²) in [7, 11) is 0. The minimum absolute atomic E-state index is 0. The van der Waals surface area contributed by atoms with Gasteiger partial charge in [0.15, 0.2) is 0 Å². The minimum atomic E-state index is 0. The van der Waals surface area contributed by atoms with Gasteiger partial charge in [-0.3, -0.25) is 0 Å². The van der Waals surface area contributed by atoms with Crippen molar-refractivity contribution in [2.24, 2.45) is 0 Å². The van der Waals surface area contributed by atoms with Gasteiger partial charge in [0.1, 0.15) is 0 Å². The number of aryl methyl sites for hydroxylation is 1. The third-order valence-corrected chi connectivity index (χ3v) is 2.21. The maximum absolute atomic E-state index is 7.49. The van der Waals surface area contributed by atoms with Crippen LogP contribution in [0.5, 0.6) is 0 Å². The Morgan fingerprint density at radius 3 is 2.31 bits per heavy atom. The van der Waals surface area contributed by atoms with Gasteiger partial charge in [-0.1, -0.05) is 32.6 Å². The molecular formula is C15H20Fe. The molecule has 0 aliphatic rings. The Balaban J connectivity index is 0.000000352. The van der Waals surface area contributed by atoms with Crippen LogP contribution in [0.2, 0.25) is 0 Å². The first kappa shape index (κ1) is 11.7. The van der Waals surface area contributed by atoms with E-state index in [4.69, 9.17) is 2.74 Å². The molecule has 0 saturated heterocycles. The largest absolute Gasteiger partial charge is 2.00 e. The maximum atomic E-state index is 7.49. The van der Waals surface area contributed by atoms with Gasteiger partial charge in [0.25, 0.3) is 0 Å². The van der Waals surface area contributed by atoms with Crippen LogP contribution in [0.15, 0.2) is 54.5 Å². The standard InChI is InChI=1S/C10H15.C5H5.Fe/c1-2-3-4-7-10-8-5-6-9-10;1-2-4-5-3-1;/h5-6,8-9H,2-4,7H2,1H3;1-5H;/q2*-1;+2/i8D;1D;. The zero-order valence-electron chi connectivity index (χ0n) is 11.7. The summed E-state index contributed by atoms with van der Waals surface area (Å²) in [6, 6.07) is 14.4. The van der Waals surface area contributed by atoms with Crippen LogP contribution < -0.4 is 0 Å². The number of unbranched alkanes of at least 4 members (excludes halogenated alkanes) is 2. The molecule has 0 unspecified atom stereocenters. The molecule has 0 aliphatic heterocycles. The van der Waals surface area contributed by atoms with Gasteiger partial charge in [0.2, 0.25) is 0 Å². The molecule has 0 spiro atoms. The molecule has 0 amide bonds. The minimum Gasteiger partial charge on any atom is -0.214 e. The SMILES string of the molecule is [2H][c-]1cccc1.[2H][c-]1cccc1CCCCC.[Fe+2]. The molecule has 88 valence electrons. The van der Waals surface area contributed by atoms with Gasteiger partial charge >= 0.3 is 17.1 Å². The van der Waals surface area contributed by atoms with E-state index in [9.17, 15) is 0 Å². The van der Waals surface area contributed by atoms with E-state index in [0.717, 1.165) is 6.42 Å². The Bertz CT molecular complexity index is 390. The fourth-order valence-corrected chi connectivity index (χ4v) is 1.37. The van der Waals surface area contributed by atoms with Crippen molar-refractivity contribution in [3.63, 3.8) is 0 Å². The van der Waals surface area contributed by atoms with Crippen molar-refractivity contribution in [1.82, 2.24) is 0 Å². The predicted molar refractivity (Wildman–Crippen MR) is 67.3 cm³/mol. The van der Waals surface area contributed by atoms with Crippen LogP contribution in [0.25, 0.3) is 0 Å². The zero-order chi connectivity index (χ0) is 12.5. The molecule has 2 aromatic carbocycles. The first-order valence-corrected chi connectivity index (χ1v) is 5.63. The second-order valence-corrected chi connectivity index (χ2v) is 3.54. The predicted octanol–water partition coefficient (Wildman–Crippen LogP) is 4.54. The van der Waals surface area contributed by atoms with Gasteiger partial charge in [-0.25, -0.2) is 24.3 Å². The Hall–Kier alpha value is -0.781. The fraction of sp³-hybridized carbons (Fsp3) is 0.333. The Morgan fingerprint density at radius 1 is 1.12 bits per heavy atom. The molecule has 1 heteroatoms. The van der Waals surface area contributed by atoms with Crippen LogP contribution in [0.1, 0.15) is 34.5 Å². The van der Waals surface area contributed by atoms with Gasteiger partial charge in [-0.05, 0) is 2.74 Å². The van der Waals surface area contributed by atoms with Crippen LogP contribution in [0.4, 0.5) is 0 Å². The molecule has 2 rings (SSSR count). The number of hydrogen-bond donors (Lipinski definition) is 0. The van der Waals surface area contributed by atoms with E-state index in [1.165, 1.54) is 24.8 Å². The molecule has 0 radical (unpaired) electrons. The van der Waals surface area contributed by atoms with Crippen molar-refractivity contribution in [1.29, 1.82) is 0 Å². The van der Waals surface area contributed by atoms with Crippen molar-refractivity contribution >= 4 is 0 Å². The molecule has 0 N–H and O–H groups in total. The quantitative estimate of drug-likeness (QED) is 0.429. The van der Waals surface area contributed by atoms with Crippen LogP contribution in [0, 0.1) is 0 Å². The van der Waals surface area contributed by atoms with Crippen molar-refractivity contribution in [3.05, 3.63) is 60.1 Å². The summed E-state index contributed by atoms with van der Waals surface area (Å²) in [5.41, 5.74) is 1.21. The molecule has 0 bridgehead atoms. The summed E-state index contributed by atoms with van der Waals surface area (Å²) in [5, 5.41) is 0. The molecule has 0 fully saturated rings. The normalized spacial score (nSPS) is 10.6. The number of hydrogen-bond acceptors (Lipinski definition) is 0. The van der Waals surface area contributed by atoms with E-state index in [0.29, 0.717) is 12.1 Å². The molecule has 0 nitrogen and oxygen atoms in total. The monoisotopic (exact) mass is 258 g/mol. The summed E-state index contributed by atoms with van der Waals surface area (Å²) >= 11 is 0. The summed E-state index contributed by atoms with van der Waals surface area (Å²) < 4.78 is 14.4. The average molecular weight is 258 g/mol. The topological polar surface area (TPSA) is 0 Å².